The highest BCUT2D eigenvalue weighted by Crippen LogP contribution is 2.33. The van der Waals surface area contributed by atoms with E-state index in [9.17, 15) is 10.1 Å². The normalized spacial score (nSPS) is 10.9. The van der Waals surface area contributed by atoms with Gasteiger partial charge in [-0.25, -0.2) is 19.6 Å². The van der Waals surface area contributed by atoms with E-state index in [-0.39, 0.29) is 18.7 Å². The SMILES string of the molecule is COc1cc(Cl)c(COc2cccc3c(-c4ncnn4C)cc(C)nc23)c(Cn2cccc(C#N)c2=O)n1. The summed E-state index contributed by atoms with van der Waals surface area (Å²) >= 11 is 6.62. The van der Waals surface area contributed by atoms with Crippen molar-refractivity contribution in [2.24, 2.45) is 7.05 Å². The van der Waals surface area contributed by atoms with Crippen molar-refractivity contribution in [2.75, 3.05) is 7.11 Å². The summed E-state index contributed by atoms with van der Waals surface area (Å²) in [6.45, 7) is 2.05. The Morgan fingerprint density at radius 2 is 2.00 bits per heavy atom. The molecule has 0 bridgehead atoms. The Kier molecular flexibility index (Phi) is 6.77. The first-order valence-electron chi connectivity index (χ1n) is 11.6. The van der Waals surface area contributed by atoms with Crippen LogP contribution in [0.3, 0.4) is 0 Å². The van der Waals surface area contributed by atoms with Gasteiger partial charge in [0.2, 0.25) is 5.88 Å². The lowest BCUT2D eigenvalue weighted by Gasteiger charge is -2.16. The third-order valence-electron chi connectivity index (χ3n) is 6.06. The first-order valence-corrected chi connectivity index (χ1v) is 12.0. The monoisotopic (exact) mass is 527 g/mol. The molecule has 5 aromatic rings. The van der Waals surface area contributed by atoms with Gasteiger partial charge in [0.05, 0.1) is 24.4 Å². The molecule has 190 valence electrons. The van der Waals surface area contributed by atoms with Gasteiger partial charge in [0.25, 0.3) is 5.56 Å². The third-order valence-corrected chi connectivity index (χ3v) is 6.39. The molecule has 0 saturated heterocycles. The second-order valence-electron chi connectivity index (χ2n) is 8.50. The number of fused-ring (bicyclic) bond motifs is 1. The number of nitriles is 1. The predicted octanol–water partition coefficient (Wildman–Crippen LogP) is 4.06. The molecular weight excluding hydrogens is 506 g/mol. The van der Waals surface area contributed by atoms with Crippen molar-refractivity contribution >= 4 is 22.5 Å². The summed E-state index contributed by atoms with van der Waals surface area (Å²) in [5.41, 5.74) is 3.04. The fraction of sp³-hybridized carbons (Fsp3) is 0.185. The van der Waals surface area contributed by atoms with Gasteiger partial charge >= 0.3 is 0 Å². The van der Waals surface area contributed by atoms with E-state index < -0.39 is 5.56 Å². The molecule has 0 aliphatic rings. The van der Waals surface area contributed by atoms with Crippen LogP contribution in [0.4, 0.5) is 0 Å². The molecule has 0 fully saturated rings. The van der Waals surface area contributed by atoms with Crippen LogP contribution in [0.25, 0.3) is 22.3 Å². The number of nitrogens with zero attached hydrogens (tertiary/aromatic N) is 7. The first kappa shape index (κ1) is 24.9. The highest BCUT2D eigenvalue weighted by Gasteiger charge is 2.18. The van der Waals surface area contributed by atoms with E-state index in [1.165, 1.54) is 24.1 Å². The second kappa shape index (κ2) is 10.3. The maximum Gasteiger partial charge on any atom is 0.268 e. The average Bonchev–Trinajstić information content (AvgIpc) is 3.34. The van der Waals surface area contributed by atoms with E-state index in [1.54, 1.807) is 23.0 Å². The molecule has 0 saturated carbocycles. The number of methoxy groups -OCH3 is 1. The van der Waals surface area contributed by atoms with Crippen LogP contribution in [0.5, 0.6) is 11.6 Å². The van der Waals surface area contributed by atoms with Crippen molar-refractivity contribution < 1.29 is 9.47 Å². The molecular formula is C27H22ClN7O3. The maximum absolute atomic E-state index is 12.7. The van der Waals surface area contributed by atoms with Crippen molar-refractivity contribution in [1.29, 1.82) is 5.26 Å². The van der Waals surface area contributed by atoms with E-state index in [2.05, 4.69) is 15.1 Å². The highest BCUT2D eigenvalue weighted by atomic mass is 35.5. The van der Waals surface area contributed by atoms with Gasteiger partial charge < -0.3 is 14.0 Å². The van der Waals surface area contributed by atoms with Crippen LogP contribution in [0.15, 0.2) is 59.8 Å². The fourth-order valence-electron chi connectivity index (χ4n) is 4.20. The van der Waals surface area contributed by atoms with E-state index in [0.29, 0.717) is 39.3 Å². The lowest BCUT2D eigenvalue weighted by atomic mass is 10.1. The standard InChI is InChI=1S/C27H22ClN7O3/c1-16-10-19(26-30-15-31-34(26)2)18-7-4-8-23(25(18)32-16)38-14-20-21(28)11-24(37-3)33-22(20)13-35-9-5-6-17(12-29)27(35)36/h4-11,15H,13-14H2,1-3H3. The first-order chi connectivity index (χ1) is 18.4. The van der Waals surface area contributed by atoms with Crippen LogP contribution in [0.1, 0.15) is 22.5 Å². The number of pyridine rings is 3. The number of hydrogen-bond acceptors (Lipinski definition) is 8. The summed E-state index contributed by atoms with van der Waals surface area (Å²) in [5.74, 6) is 1.57. The molecule has 0 spiro atoms. The summed E-state index contributed by atoms with van der Waals surface area (Å²) in [5, 5.41) is 14.7. The van der Waals surface area contributed by atoms with Crippen LogP contribution in [0.2, 0.25) is 5.02 Å². The topological polar surface area (TPSA) is 121 Å². The van der Waals surface area contributed by atoms with Gasteiger partial charge in [-0.1, -0.05) is 23.7 Å². The van der Waals surface area contributed by atoms with E-state index >= 15 is 0 Å². The van der Waals surface area contributed by atoms with Gasteiger partial charge in [0.15, 0.2) is 5.82 Å². The lowest BCUT2D eigenvalue weighted by molar-refractivity contribution is 0.306. The smallest absolute Gasteiger partial charge is 0.268 e. The van der Waals surface area contributed by atoms with Crippen molar-refractivity contribution in [3.05, 3.63) is 92.9 Å². The number of rotatable bonds is 7. The molecule has 10 nitrogen and oxygen atoms in total. The van der Waals surface area contributed by atoms with Crippen LogP contribution in [-0.2, 0) is 20.2 Å². The average molecular weight is 528 g/mol. The van der Waals surface area contributed by atoms with E-state index in [0.717, 1.165) is 16.6 Å². The van der Waals surface area contributed by atoms with Crippen LogP contribution in [0, 0.1) is 18.3 Å². The van der Waals surface area contributed by atoms with Gasteiger partial charge in [-0.2, -0.15) is 10.4 Å². The summed E-state index contributed by atoms with van der Waals surface area (Å²) < 4.78 is 14.7. The number of ether oxygens (including phenoxy) is 2. The molecule has 0 aliphatic heterocycles. The fourth-order valence-corrected chi connectivity index (χ4v) is 4.46. The molecule has 4 heterocycles. The zero-order valence-corrected chi connectivity index (χ0v) is 21.6. The number of halogens is 1. The molecule has 0 amide bonds. The van der Waals surface area contributed by atoms with Gasteiger partial charge in [-0.3, -0.25) is 4.79 Å². The zero-order valence-electron chi connectivity index (χ0n) is 20.8. The van der Waals surface area contributed by atoms with Crippen LogP contribution < -0.4 is 15.0 Å². The molecule has 38 heavy (non-hydrogen) atoms. The summed E-state index contributed by atoms with van der Waals surface area (Å²) in [7, 11) is 3.32. The zero-order chi connectivity index (χ0) is 26.8. The van der Waals surface area contributed by atoms with E-state index in [4.69, 9.17) is 26.1 Å². The molecule has 1 aromatic carbocycles. The van der Waals surface area contributed by atoms with Gasteiger partial charge in [-0.15, -0.1) is 0 Å². The Balaban J connectivity index is 1.54. The Morgan fingerprint density at radius 1 is 1.16 bits per heavy atom. The minimum atomic E-state index is -0.423. The number of hydrogen-bond donors (Lipinski definition) is 0. The lowest BCUT2D eigenvalue weighted by Crippen LogP contribution is -2.23. The van der Waals surface area contributed by atoms with Crippen molar-refractivity contribution in [3.63, 3.8) is 0 Å². The highest BCUT2D eigenvalue weighted by molar-refractivity contribution is 6.31. The Labute approximate surface area is 222 Å². The van der Waals surface area contributed by atoms with Crippen LogP contribution >= 0.6 is 11.6 Å². The maximum atomic E-state index is 12.7. The molecule has 0 unspecified atom stereocenters. The summed E-state index contributed by atoms with van der Waals surface area (Å²) in [6.07, 6.45) is 3.10. The Hall–Kier alpha value is -4.75. The van der Waals surface area contributed by atoms with Crippen molar-refractivity contribution in [1.82, 2.24) is 29.3 Å². The Bertz CT molecular complexity index is 1770. The van der Waals surface area contributed by atoms with Crippen molar-refractivity contribution in [3.8, 4) is 29.1 Å². The molecule has 0 atom stereocenters. The quantitative estimate of drug-likeness (QED) is 0.311. The predicted molar refractivity (Wildman–Crippen MR) is 141 cm³/mol. The molecule has 5 rings (SSSR count). The minimum absolute atomic E-state index is 0.0372. The number of aryl methyl sites for hydroxylation is 2. The summed E-state index contributed by atoms with van der Waals surface area (Å²) in [6, 6.07) is 14.3. The molecule has 0 aliphatic carbocycles. The Morgan fingerprint density at radius 3 is 2.74 bits per heavy atom. The van der Waals surface area contributed by atoms with Crippen LogP contribution in [-0.4, -0.2) is 36.4 Å². The molecule has 4 aromatic heterocycles. The minimum Gasteiger partial charge on any atom is -0.486 e. The van der Waals surface area contributed by atoms with E-state index in [1.807, 2.05) is 44.3 Å². The third kappa shape index (κ3) is 4.67. The number of aromatic nitrogens is 6. The largest absolute Gasteiger partial charge is 0.486 e. The second-order valence-corrected chi connectivity index (χ2v) is 8.91. The molecule has 0 N–H and O–H groups in total. The van der Waals surface area contributed by atoms with Crippen molar-refractivity contribution in [2.45, 2.75) is 20.1 Å². The molecule has 11 heteroatoms. The number of benzene rings is 1. The summed E-state index contributed by atoms with van der Waals surface area (Å²) in [4.78, 5) is 26.3. The number of para-hydroxylation sites is 1. The van der Waals surface area contributed by atoms with Gasteiger partial charge in [0, 0.05) is 41.5 Å². The molecule has 0 radical (unpaired) electrons. The van der Waals surface area contributed by atoms with Gasteiger partial charge in [-0.05, 0) is 31.2 Å². The van der Waals surface area contributed by atoms with Gasteiger partial charge in [0.1, 0.15) is 35.8 Å².